The zero-order chi connectivity index (χ0) is 13.7. The fourth-order valence-electron chi connectivity index (χ4n) is 3.95. The predicted molar refractivity (Wildman–Crippen MR) is 81.4 cm³/mol. The maximum atomic E-state index is 6.07. The zero-order valence-corrected chi connectivity index (χ0v) is 13.0. The Morgan fingerprint density at radius 2 is 2.00 bits per heavy atom. The van der Waals surface area contributed by atoms with Gasteiger partial charge in [0.1, 0.15) is 0 Å². The minimum absolute atomic E-state index is 0.0391. The first kappa shape index (κ1) is 15.1. The lowest BCUT2D eigenvalue weighted by molar-refractivity contribution is -0.0654. The maximum Gasteiger partial charge on any atom is 0.0869 e. The minimum Gasteiger partial charge on any atom is -0.376 e. The predicted octanol–water partition coefficient (Wildman–Crippen LogP) is 4.06. The monoisotopic (exact) mass is 265 g/mol. The zero-order valence-electron chi connectivity index (χ0n) is 13.0. The minimum atomic E-state index is 0.0391. The first-order valence-corrected chi connectivity index (χ1v) is 8.13. The average molecular weight is 265 g/mol. The topological polar surface area (TPSA) is 21.3 Å². The van der Waals surface area contributed by atoms with Gasteiger partial charge in [-0.2, -0.15) is 0 Å². The van der Waals surface area contributed by atoms with E-state index in [2.05, 4.69) is 25.4 Å². The Morgan fingerprint density at radius 1 is 1.26 bits per heavy atom. The summed E-state index contributed by atoms with van der Waals surface area (Å²) in [5.41, 5.74) is 1.65. The van der Waals surface area contributed by atoms with Crippen molar-refractivity contribution in [2.75, 3.05) is 14.2 Å². The lowest BCUT2D eigenvalue weighted by Gasteiger charge is -2.45. The highest BCUT2D eigenvalue weighted by Gasteiger charge is 2.42. The highest BCUT2D eigenvalue weighted by Crippen LogP contribution is 2.40. The molecule has 0 aliphatic heterocycles. The number of ether oxygens (including phenoxy) is 1. The molecule has 1 atom stereocenters. The molecular formula is C17H31NO. The van der Waals surface area contributed by atoms with Crippen LogP contribution in [0, 0.1) is 5.92 Å². The third-order valence-electron chi connectivity index (χ3n) is 5.29. The number of nitrogens with one attached hydrogen (secondary N) is 1. The van der Waals surface area contributed by atoms with Crippen molar-refractivity contribution in [3.63, 3.8) is 0 Å². The van der Waals surface area contributed by atoms with Gasteiger partial charge in [-0.05, 0) is 64.3 Å². The van der Waals surface area contributed by atoms with Crippen molar-refractivity contribution in [2.24, 2.45) is 5.92 Å². The molecule has 0 heterocycles. The Hall–Kier alpha value is -0.340. The number of hydrogen-bond acceptors (Lipinski definition) is 2. The number of likely N-dealkylation sites (N-methyl/N-ethyl adjacent to an activating group) is 1. The normalized spacial score (nSPS) is 34.5. The highest BCUT2D eigenvalue weighted by atomic mass is 16.5. The van der Waals surface area contributed by atoms with Crippen LogP contribution in [0.5, 0.6) is 0 Å². The number of allylic oxidation sites excluding steroid dienone is 1. The second-order valence-electron chi connectivity index (χ2n) is 6.55. The Labute approximate surface area is 119 Å². The molecule has 0 saturated heterocycles. The Bertz CT molecular complexity index is 302. The van der Waals surface area contributed by atoms with Crippen LogP contribution in [0.25, 0.3) is 0 Å². The molecule has 2 heteroatoms. The van der Waals surface area contributed by atoms with Crippen LogP contribution < -0.4 is 5.32 Å². The van der Waals surface area contributed by atoms with E-state index < -0.39 is 0 Å². The van der Waals surface area contributed by atoms with Crippen LogP contribution in [-0.4, -0.2) is 25.8 Å². The van der Waals surface area contributed by atoms with Crippen LogP contribution in [0.1, 0.15) is 64.7 Å². The fraction of sp³-hybridized carbons (Fsp3) is 0.882. The molecule has 2 aliphatic rings. The van der Waals surface area contributed by atoms with Crippen molar-refractivity contribution in [1.29, 1.82) is 0 Å². The number of hydrogen-bond donors (Lipinski definition) is 1. The third kappa shape index (κ3) is 3.41. The van der Waals surface area contributed by atoms with E-state index in [1.807, 2.05) is 7.11 Å². The molecule has 2 nitrogen and oxygen atoms in total. The lowest BCUT2D eigenvalue weighted by atomic mass is 9.72. The van der Waals surface area contributed by atoms with E-state index >= 15 is 0 Å². The largest absolute Gasteiger partial charge is 0.376 e. The van der Waals surface area contributed by atoms with Crippen LogP contribution in [0.3, 0.4) is 0 Å². The van der Waals surface area contributed by atoms with E-state index in [9.17, 15) is 0 Å². The van der Waals surface area contributed by atoms with Crippen molar-refractivity contribution in [2.45, 2.75) is 76.4 Å². The summed E-state index contributed by atoms with van der Waals surface area (Å²) in [6.07, 6.45) is 14.1. The van der Waals surface area contributed by atoms with Crippen molar-refractivity contribution < 1.29 is 4.74 Å². The quantitative estimate of drug-likeness (QED) is 0.774. The molecule has 0 amide bonds. The molecular weight excluding hydrogens is 234 g/mol. The molecule has 0 radical (unpaired) electrons. The summed E-state index contributed by atoms with van der Waals surface area (Å²) in [7, 11) is 4.02. The van der Waals surface area contributed by atoms with Gasteiger partial charge in [-0.1, -0.05) is 25.0 Å². The van der Waals surface area contributed by atoms with E-state index in [0.717, 1.165) is 5.92 Å². The Kier molecular flexibility index (Phi) is 5.47. The van der Waals surface area contributed by atoms with Crippen molar-refractivity contribution >= 4 is 0 Å². The van der Waals surface area contributed by atoms with Crippen LogP contribution >= 0.6 is 0 Å². The molecule has 110 valence electrons. The molecule has 1 N–H and O–H groups in total. The molecule has 0 aromatic rings. The van der Waals surface area contributed by atoms with Gasteiger partial charge in [0.25, 0.3) is 0 Å². The molecule has 0 bridgehead atoms. The molecule has 1 unspecified atom stereocenters. The SMILES string of the molecule is CNC(C1=CCCCCC1)C1(OC)CCC(C)CC1. The van der Waals surface area contributed by atoms with E-state index in [1.165, 1.54) is 57.8 Å². The van der Waals surface area contributed by atoms with E-state index in [4.69, 9.17) is 4.74 Å². The summed E-state index contributed by atoms with van der Waals surface area (Å²) in [6.45, 7) is 2.37. The molecule has 2 aliphatic carbocycles. The Balaban J connectivity index is 2.15. The van der Waals surface area contributed by atoms with Crippen molar-refractivity contribution in [1.82, 2.24) is 5.32 Å². The number of methoxy groups -OCH3 is 1. The van der Waals surface area contributed by atoms with Gasteiger partial charge in [0.05, 0.1) is 11.6 Å². The summed E-state index contributed by atoms with van der Waals surface area (Å²) in [6, 6.07) is 0.420. The highest BCUT2D eigenvalue weighted by molar-refractivity contribution is 5.19. The summed E-state index contributed by atoms with van der Waals surface area (Å²) >= 11 is 0. The first-order valence-electron chi connectivity index (χ1n) is 8.13. The van der Waals surface area contributed by atoms with Gasteiger partial charge in [-0.25, -0.2) is 0 Å². The van der Waals surface area contributed by atoms with Crippen LogP contribution in [0.15, 0.2) is 11.6 Å². The summed E-state index contributed by atoms with van der Waals surface area (Å²) in [5.74, 6) is 0.865. The maximum absolute atomic E-state index is 6.07. The smallest absolute Gasteiger partial charge is 0.0869 e. The lowest BCUT2D eigenvalue weighted by Crippen LogP contribution is -2.53. The van der Waals surface area contributed by atoms with E-state index in [1.54, 1.807) is 5.57 Å². The second-order valence-corrected chi connectivity index (χ2v) is 6.55. The van der Waals surface area contributed by atoms with Gasteiger partial charge in [0.15, 0.2) is 0 Å². The molecule has 1 saturated carbocycles. The van der Waals surface area contributed by atoms with Gasteiger partial charge >= 0.3 is 0 Å². The summed E-state index contributed by atoms with van der Waals surface area (Å²) in [4.78, 5) is 0. The standard InChI is InChI=1S/C17H31NO/c1-14-10-12-17(19-3,13-11-14)16(18-2)15-8-6-4-5-7-9-15/h8,14,16,18H,4-7,9-13H2,1-3H3. The molecule has 19 heavy (non-hydrogen) atoms. The van der Waals surface area contributed by atoms with E-state index in [-0.39, 0.29) is 5.60 Å². The van der Waals surface area contributed by atoms with Crippen molar-refractivity contribution in [3.05, 3.63) is 11.6 Å². The average Bonchev–Trinajstić information content (AvgIpc) is 2.71. The second kappa shape index (κ2) is 6.90. The van der Waals surface area contributed by atoms with Gasteiger partial charge in [0.2, 0.25) is 0 Å². The van der Waals surface area contributed by atoms with Gasteiger partial charge < -0.3 is 10.1 Å². The first-order chi connectivity index (χ1) is 9.22. The molecule has 2 rings (SSSR count). The number of rotatable bonds is 4. The van der Waals surface area contributed by atoms with Gasteiger partial charge in [-0.3, -0.25) is 0 Å². The summed E-state index contributed by atoms with van der Waals surface area (Å²) < 4.78 is 6.07. The molecule has 0 spiro atoms. The third-order valence-corrected chi connectivity index (χ3v) is 5.29. The van der Waals surface area contributed by atoms with Crippen molar-refractivity contribution in [3.8, 4) is 0 Å². The molecule has 1 fully saturated rings. The molecule has 0 aromatic carbocycles. The molecule has 0 aromatic heterocycles. The van der Waals surface area contributed by atoms with E-state index in [0.29, 0.717) is 6.04 Å². The Morgan fingerprint density at radius 3 is 2.63 bits per heavy atom. The van der Waals surface area contributed by atoms with Crippen LogP contribution in [0.2, 0.25) is 0 Å². The fourth-order valence-corrected chi connectivity index (χ4v) is 3.95. The van der Waals surface area contributed by atoms with Crippen LogP contribution in [-0.2, 0) is 4.74 Å². The van der Waals surface area contributed by atoms with Crippen LogP contribution in [0.4, 0.5) is 0 Å². The van der Waals surface area contributed by atoms with Gasteiger partial charge in [0, 0.05) is 7.11 Å². The summed E-state index contributed by atoms with van der Waals surface area (Å²) in [5, 5.41) is 3.58. The van der Waals surface area contributed by atoms with Gasteiger partial charge in [-0.15, -0.1) is 0 Å².